The Morgan fingerprint density at radius 3 is 2.80 bits per heavy atom. The predicted octanol–water partition coefficient (Wildman–Crippen LogP) is 2.71. The molecular formula is C13H14ClN5S. The SMILES string of the molecule is CN(Cc1nnsc1Cl)Cc1nc2ccccc2n1C. The van der Waals surface area contributed by atoms with Crippen LogP contribution in [0.15, 0.2) is 24.3 Å². The van der Waals surface area contributed by atoms with Crippen LogP contribution in [0.25, 0.3) is 11.0 Å². The average Bonchev–Trinajstić information content (AvgIpc) is 2.96. The molecule has 0 spiro atoms. The fourth-order valence-electron chi connectivity index (χ4n) is 2.18. The molecule has 0 aliphatic rings. The maximum absolute atomic E-state index is 6.03. The highest BCUT2D eigenvalue weighted by Crippen LogP contribution is 2.20. The highest BCUT2D eigenvalue weighted by atomic mass is 35.5. The van der Waals surface area contributed by atoms with Gasteiger partial charge in [0.25, 0.3) is 0 Å². The number of benzene rings is 1. The van der Waals surface area contributed by atoms with Gasteiger partial charge in [0.05, 0.1) is 17.6 Å². The number of halogens is 1. The largest absolute Gasteiger partial charge is 0.330 e. The minimum atomic E-state index is 0.654. The number of aryl methyl sites for hydroxylation is 1. The number of rotatable bonds is 4. The Morgan fingerprint density at radius 1 is 1.30 bits per heavy atom. The molecule has 0 N–H and O–H groups in total. The van der Waals surface area contributed by atoms with Crippen LogP contribution in [0, 0.1) is 0 Å². The fourth-order valence-corrected chi connectivity index (χ4v) is 2.79. The summed E-state index contributed by atoms with van der Waals surface area (Å²) in [4.78, 5) is 6.79. The van der Waals surface area contributed by atoms with Gasteiger partial charge in [-0.1, -0.05) is 28.2 Å². The second-order valence-corrected chi connectivity index (χ2v) is 6.10. The highest BCUT2D eigenvalue weighted by Gasteiger charge is 2.12. The number of hydrogen-bond acceptors (Lipinski definition) is 5. The van der Waals surface area contributed by atoms with Gasteiger partial charge in [-0.15, -0.1) is 5.10 Å². The first-order valence-electron chi connectivity index (χ1n) is 6.21. The van der Waals surface area contributed by atoms with Crippen LogP contribution in [0.2, 0.25) is 4.34 Å². The molecule has 0 atom stereocenters. The molecule has 0 saturated heterocycles. The van der Waals surface area contributed by atoms with Crippen molar-refractivity contribution >= 4 is 34.2 Å². The second kappa shape index (κ2) is 5.47. The van der Waals surface area contributed by atoms with E-state index in [2.05, 4.69) is 30.1 Å². The van der Waals surface area contributed by atoms with E-state index in [1.165, 1.54) is 11.5 Å². The zero-order valence-corrected chi connectivity index (χ0v) is 12.8. The van der Waals surface area contributed by atoms with E-state index < -0.39 is 0 Å². The zero-order chi connectivity index (χ0) is 14.1. The molecule has 20 heavy (non-hydrogen) atoms. The lowest BCUT2D eigenvalue weighted by molar-refractivity contribution is 0.304. The molecule has 2 aromatic heterocycles. The van der Waals surface area contributed by atoms with E-state index in [0.717, 1.165) is 29.1 Å². The fraction of sp³-hybridized carbons (Fsp3) is 0.308. The number of para-hydroxylation sites is 2. The number of fused-ring (bicyclic) bond motifs is 1. The molecule has 0 saturated carbocycles. The third-order valence-corrected chi connectivity index (χ3v) is 4.20. The Kier molecular flexibility index (Phi) is 3.69. The van der Waals surface area contributed by atoms with Crippen molar-refractivity contribution in [2.75, 3.05) is 7.05 Å². The Morgan fingerprint density at radius 2 is 2.10 bits per heavy atom. The van der Waals surface area contributed by atoms with Crippen molar-refractivity contribution in [1.29, 1.82) is 0 Å². The summed E-state index contributed by atoms with van der Waals surface area (Å²) >= 11 is 7.24. The van der Waals surface area contributed by atoms with Gasteiger partial charge in [0.2, 0.25) is 0 Å². The molecule has 0 amide bonds. The average molecular weight is 308 g/mol. The molecule has 0 fully saturated rings. The maximum atomic E-state index is 6.03. The van der Waals surface area contributed by atoms with Crippen molar-refractivity contribution in [3.05, 3.63) is 40.1 Å². The van der Waals surface area contributed by atoms with Gasteiger partial charge in [-0.2, -0.15) is 0 Å². The lowest BCUT2D eigenvalue weighted by atomic mass is 10.3. The predicted molar refractivity (Wildman–Crippen MR) is 80.8 cm³/mol. The third-order valence-electron chi connectivity index (χ3n) is 3.22. The van der Waals surface area contributed by atoms with Gasteiger partial charge in [-0.05, 0) is 19.2 Å². The van der Waals surface area contributed by atoms with Crippen molar-refractivity contribution in [2.24, 2.45) is 7.05 Å². The molecule has 3 rings (SSSR count). The van der Waals surface area contributed by atoms with Crippen LogP contribution >= 0.6 is 23.1 Å². The van der Waals surface area contributed by atoms with Crippen LogP contribution in [0.4, 0.5) is 0 Å². The molecule has 3 aromatic rings. The Balaban J connectivity index is 1.79. The molecule has 7 heteroatoms. The van der Waals surface area contributed by atoms with E-state index in [-0.39, 0.29) is 0 Å². The zero-order valence-electron chi connectivity index (χ0n) is 11.2. The molecule has 104 valence electrons. The maximum Gasteiger partial charge on any atom is 0.138 e. The summed E-state index contributed by atoms with van der Waals surface area (Å²) < 4.78 is 6.62. The smallest absolute Gasteiger partial charge is 0.138 e. The van der Waals surface area contributed by atoms with Crippen LogP contribution in [0.3, 0.4) is 0 Å². The first kappa shape index (κ1) is 13.5. The first-order chi connectivity index (χ1) is 9.65. The number of aromatic nitrogens is 4. The number of nitrogens with zero attached hydrogens (tertiary/aromatic N) is 5. The van der Waals surface area contributed by atoms with E-state index in [1.807, 2.05) is 32.3 Å². The normalized spacial score (nSPS) is 11.6. The van der Waals surface area contributed by atoms with Gasteiger partial charge in [0, 0.05) is 25.1 Å². The second-order valence-electron chi connectivity index (χ2n) is 4.74. The van der Waals surface area contributed by atoms with Gasteiger partial charge < -0.3 is 4.57 Å². The van der Waals surface area contributed by atoms with Crippen LogP contribution in [0.5, 0.6) is 0 Å². The van der Waals surface area contributed by atoms with Gasteiger partial charge in [0.15, 0.2) is 0 Å². The van der Waals surface area contributed by atoms with Crippen LogP contribution in [-0.4, -0.2) is 31.1 Å². The van der Waals surface area contributed by atoms with Crippen LogP contribution in [0.1, 0.15) is 11.5 Å². The van der Waals surface area contributed by atoms with Crippen LogP contribution in [-0.2, 0) is 20.1 Å². The molecule has 0 aliphatic carbocycles. The molecule has 0 bridgehead atoms. The third kappa shape index (κ3) is 2.54. The first-order valence-corrected chi connectivity index (χ1v) is 7.36. The van der Waals surface area contributed by atoms with Gasteiger partial charge in [0.1, 0.15) is 15.9 Å². The van der Waals surface area contributed by atoms with Crippen molar-refractivity contribution in [1.82, 2.24) is 24.0 Å². The summed E-state index contributed by atoms with van der Waals surface area (Å²) in [6.07, 6.45) is 0. The van der Waals surface area contributed by atoms with Crippen molar-refractivity contribution < 1.29 is 0 Å². The summed E-state index contributed by atoms with van der Waals surface area (Å²) in [5.41, 5.74) is 2.98. The van der Waals surface area contributed by atoms with Gasteiger partial charge in [-0.3, -0.25) is 4.90 Å². The molecule has 0 unspecified atom stereocenters. The molecule has 1 aromatic carbocycles. The van der Waals surface area contributed by atoms with Crippen molar-refractivity contribution in [3.63, 3.8) is 0 Å². The van der Waals surface area contributed by atoms with E-state index in [0.29, 0.717) is 10.9 Å². The summed E-state index contributed by atoms with van der Waals surface area (Å²) in [7, 11) is 4.06. The quantitative estimate of drug-likeness (QED) is 0.743. The lowest BCUT2D eigenvalue weighted by Crippen LogP contribution is -2.20. The summed E-state index contributed by atoms with van der Waals surface area (Å²) in [6.45, 7) is 1.40. The van der Waals surface area contributed by atoms with Crippen LogP contribution < -0.4 is 0 Å². The van der Waals surface area contributed by atoms with Crippen molar-refractivity contribution in [3.8, 4) is 0 Å². The molecule has 0 radical (unpaired) electrons. The Hall–Kier alpha value is -1.50. The van der Waals surface area contributed by atoms with E-state index in [1.54, 1.807) is 0 Å². The monoisotopic (exact) mass is 307 g/mol. The van der Waals surface area contributed by atoms with E-state index in [4.69, 9.17) is 11.6 Å². The number of imidazole rings is 1. The Bertz CT molecular complexity index is 735. The molecule has 2 heterocycles. The molecular weight excluding hydrogens is 294 g/mol. The number of hydrogen-bond donors (Lipinski definition) is 0. The molecule has 0 aliphatic heterocycles. The topological polar surface area (TPSA) is 46.8 Å². The van der Waals surface area contributed by atoms with Crippen molar-refractivity contribution in [2.45, 2.75) is 13.1 Å². The highest BCUT2D eigenvalue weighted by molar-refractivity contribution is 7.10. The van der Waals surface area contributed by atoms with Gasteiger partial charge >= 0.3 is 0 Å². The lowest BCUT2D eigenvalue weighted by Gasteiger charge is -2.14. The Labute approximate surface area is 126 Å². The minimum Gasteiger partial charge on any atom is -0.330 e. The standard InChI is InChI=1S/C13H14ClN5S/c1-18(7-10-13(14)20-17-16-10)8-12-15-9-5-3-4-6-11(9)19(12)2/h3-6H,7-8H2,1-2H3. The van der Waals surface area contributed by atoms with Gasteiger partial charge in [-0.25, -0.2) is 4.98 Å². The summed E-state index contributed by atoms with van der Waals surface area (Å²) in [6, 6.07) is 8.13. The van der Waals surface area contributed by atoms with E-state index >= 15 is 0 Å². The minimum absolute atomic E-state index is 0.654. The molecule has 5 nitrogen and oxygen atoms in total. The van der Waals surface area contributed by atoms with E-state index in [9.17, 15) is 0 Å². The summed E-state index contributed by atoms with van der Waals surface area (Å²) in [5, 5.41) is 4.03. The summed E-state index contributed by atoms with van der Waals surface area (Å²) in [5.74, 6) is 1.02.